The Morgan fingerprint density at radius 1 is 1.12 bits per heavy atom. The summed E-state index contributed by atoms with van der Waals surface area (Å²) in [4.78, 5) is 24.8. The van der Waals surface area contributed by atoms with Crippen LogP contribution in [0.1, 0.15) is 24.1 Å². The fourth-order valence-electron chi connectivity index (χ4n) is 2.68. The highest BCUT2D eigenvalue weighted by Gasteiger charge is 2.22. The van der Waals surface area contributed by atoms with Crippen LogP contribution in [0.2, 0.25) is 0 Å². The molecule has 0 heterocycles. The van der Waals surface area contributed by atoms with E-state index in [2.05, 4.69) is 5.32 Å². The van der Waals surface area contributed by atoms with E-state index in [4.69, 9.17) is 5.11 Å². The molecule has 2 atom stereocenters. The van der Waals surface area contributed by atoms with Crippen LogP contribution in [0, 0.1) is 11.7 Å². The normalized spacial score (nSPS) is 12.9. The first-order valence-electron chi connectivity index (χ1n) is 8.41. The third-order valence-corrected chi connectivity index (χ3v) is 4.18. The van der Waals surface area contributed by atoms with Crippen LogP contribution in [0.25, 0.3) is 0 Å². The molecular formula is C20H23FN2O3. The van der Waals surface area contributed by atoms with Gasteiger partial charge in [-0.3, -0.25) is 4.79 Å². The van der Waals surface area contributed by atoms with Gasteiger partial charge in [-0.2, -0.15) is 0 Å². The van der Waals surface area contributed by atoms with Crippen molar-refractivity contribution in [3.05, 3.63) is 71.5 Å². The zero-order valence-electron chi connectivity index (χ0n) is 14.9. The Balaban J connectivity index is 2.17. The van der Waals surface area contributed by atoms with Crippen LogP contribution < -0.4 is 5.32 Å². The highest BCUT2D eigenvalue weighted by Crippen LogP contribution is 2.21. The van der Waals surface area contributed by atoms with E-state index in [0.29, 0.717) is 12.0 Å². The van der Waals surface area contributed by atoms with E-state index in [1.54, 1.807) is 18.2 Å². The summed E-state index contributed by atoms with van der Waals surface area (Å²) in [6, 6.07) is 14.8. The van der Waals surface area contributed by atoms with Gasteiger partial charge in [0.2, 0.25) is 0 Å². The van der Waals surface area contributed by atoms with Gasteiger partial charge in [-0.05, 0) is 18.1 Å². The number of hydrogen-bond acceptors (Lipinski definition) is 2. The van der Waals surface area contributed by atoms with Crippen LogP contribution in [-0.2, 0) is 11.2 Å². The number of nitrogens with one attached hydrogen (secondary N) is 1. The maximum absolute atomic E-state index is 14.3. The van der Waals surface area contributed by atoms with E-state index in [1.165, 1.54) is 24.9 Å². The number of carboxylic acid groups (broad SMARTS) is 1. The molecule has 2 N–H and O–H groups in total. The number of benzene rings is 2. The molecule has 0 spiro atoms. The molecule has 0 aromatic heterocycles. The predicted molar refractivity (Wildman–Crippen MR) is 97.2 cm³/mol. The van der Waals surface area contributed by atoms with Crippen LogP contribution >= 0.6 is 0 Å². The first kappa shape index (κ1) is 19.4. The van der Waals surface area contributed by atoms with Gasteiger partial charge >= 0.3 is 12.0 Å². The zero-order chi connectivity index (χ0) is 19.1. The highest BCUT2D eigenvalue weighted by atomic mass is 19.1. The average molecular weight is 358 g/mol. The van der Waals surface area contributed by atoms with Gasteiger partial charge in [-0.1, -0.05) is 55.5 Å². The summed E-state index contributed by atoms with van der Waals surface area (Å²) >= 11 is 0. The Labute approximate surface area is 152 Å². The van der Waals surface area contributed by atoms with Crippen molar-refractivity contribution >= 4 is 12.0 Å². The fraction of sp³-hybridized carbons (Fsp3) is 0.300. The molecule has 0 radical (unpaired) electrons. The lowest BCUT2D eigenvalue weighted by Crippen LogP contribution is -2.43. The molecule has 0 saturated heterocycles. The highest BCUT2D eigenvalue weighted by molar-refractivity contribution is 5.76. The minimum absolute atomic E-state index is 0.0660. The molecule has 0 aliphatic heterocycles. The molecule has 6 heteroatoms. The van der Waals surface area contributed by atoms with Gasteiger partial charge in [0.25, 0.3) is 0 Å². The van der Waals surface area contributed by atoms with Gasteiger partial charge in [0, 0.05) is 19.2 Å². The minimum atomic E-state index is -0.973. The van der Waals surface area contributed by atoms with Crippen molar-refractivity contribution in [2.24, 2.45) is 5.92 Å². The summed E-state index contributed by atoms with van der Waals surface area (Å²) in [6.45, 7) is 1.60. The number of carbonyl (C=O) groups is 2. The van der Waals surface area contributed by atoms with Gasteiger partial charge in [-0.15, -0.1) is 0 Å². The molecule has 0 bridgehead atoms. The Morgan fingerprint density at radius 3 is 2.35 bits per heavy atom. The number of urea groups is 1. The first-order chi connectivity index (χ1) is 12.4. The SMILES string of the molecule is CC(CN(C)C(=O)NC(Cc1ccccc1)c1ccccc1F)C(=O)O. The molecule has 2 amide bonds. The van der Waals surface area contributed by atoms with Crippen molar-refractivity contribution in [3.63, 3.8) is 0 Å². The predicted octanol–water partition coefficient (Wildman–Crippen LogP) is 3.47. The summed E-state index contributed by atoms with van der Waals surface area (Å²) in [6.07, 6.45) is 0.426. The van der Waals surface area contributed by atoms with Gasteiger partial charge in [0.05, 0.1) is 12.0 Å². The maximum atomic E-state index is 14.3. The third kappa shape index (κ3) is 5.31. The van der Waals surface area contributed by atoms with Crippen molar-refractivity contribution in [2.45, 2.75) is 19.4 Å². The van der Waals surface area contributed by atoms with E-state index in [1.807, 2.05) is 30.3 Å². The number of aliphatic carboxylic acids is 1. The van der Waals surface area contributed by atoms with E-state index >= 15 is 0 Å². The van der Waals surface area contributed by atoms with Crippen molar-refractivity contribution in [1.82, 2.24) is 10.2 Å². The number of amides is 2. The molecule has 26 heavy (non-hydrogen) atoms. The number of nitrogens with zero attached hydrogens (tertiary/aromatic N) is 1. The Bertz CT molecular complexity index is 752. The molecule has 2 unspecified atom stereocenters. The molecule has 2 aromatic carbocycles. The van der Waals surface area contributed by atoms with E-state index in [0.717, 1.165) is 5.56 Å². The van der Waals surface area contributed by atoms with Gasteiger partial charge < -0.3 is 15.3 Å². The fourth-order valence-corrected chi connectivity index (χ4v) is 2.68. The van der Waals surface area contributed by atoms with E-state index in [-0.39, 0.29) is 6.54 Å². The molecule has 138 valence electrons. The van der Waals surface area contributed by atoms with Crippen LogP contribution in [0.5, 0.6) is 0 Å². The van der Waals surface area contributed by atoms with Crippen LogP contribution in [0.3, 0.4) is 0 Å². The van der Waals surface area contributed by atoms with Crippen LogP contribution in [0.4, 0.5) is 9.18 Å². The summed E-state index contributed by atoms with van der Waals surface area (Å²) in [7, 11) is 1.52. The van der Waals surface area contributed by atoms with Gasteiger partial charge in [-0.25, -0.2) is 9.18 Å². The second-order valence-corrected chi connectivity index (χ2v) is 6.33. The topological polar surface area (TPSA) is 69.6 Å². The van der Waals surface area contributed by atoms with Gasteiger partial charge in [0.1, 0.15) is 5.82 Å². The minimum Gasteiger partial charge on any atom is -0.481 e. The molecule has 0 aliphatic rings. The van der Waals surface area contributed by atoms with E-state index < -0.39 is 29.8 Å². The second kappa shape index (κ2) is 8.99. The summed E-state index contributed by atoms with van der Waals surface area (Å²) in [5, 5.41) is 11.8. The number of carbonyl (C=O) groups excluding carboxylic acids is 1. The number of rotatable bonds is 7. The van der Waals surface area contributed by atoms with Crippen molar-refractivity contribution in [3.8, 4) is 0 Å². The molecule has 5 nitrogen and oxygen atoms in total. The number of halogens is 1. The average Bonchev–Trinajstić information content (AvgIpc) is 2.62. The molecule has 0 saturated carbocycles. The molecule has 2 rings (SSSR count). The lowest BCUT2D eigenvalue weighted by atomic mass is 9.98. The van der Waals surface area contributed by atoms with Crippen molar-refractivity contribution in [2.75, 3.05) is 13.6 Å². The quantitative estimate of drug-likeness (QED) is 0.796. The molecular weight excluding hydrogens is 335 g/mol. The molecule has 0 fully saturated rings. The summed E-state index contributed by atoms with van der Waals surface area (Å²) in [5.41, 5.74) is 1.35. The Kier molecular flexibility index (Phi) is 6.72. The Hall–Kier alpha value is -2.89. The Morgan fingerprint density at radius 2 is 1.73 bits per heavy atom. The maximum Gasteiger partial charge on any atom is 0.317 e. The smallest absolute Gasteiger partial charge is 0.317 e. The number of hydrogen-bond donors (Lipinski definition) is 2. The summed E-state index contributed by atoms with van der Waals surface area (Å²) in [5.74, 6) is -2.05. The lowest BCUT2D eigenvalue weighted by molar-refractivity contribution is -0.141. The largest absolute Gasteiger partial charge is 0.481 e. The number of carboxylic acids is 1. The second-order valence-electron chi connectivity index (χ2n) is 6.33. The summed E-state index contributed by atoms with van der Waals surface area (Å²) < 4.78 is 14.3. The molecule has 2 aromatic rings. The third-order valence-electron chi connectivity index (χ3n) is 4.18. The van der Waals surface area contributed by atoms with Gasteiger partial charge in [0.15, 0.2) is 0 Å². The van der Waals surface area contributed by atoms with Crippen molar-refractivity contribution in [1.29, 1.82) is 0 Å². The van der Waals surface area contributed by atoms with Crippen LogP contribution in [0.15, 0.2) is 54.6 Å². The standard InChI is InChI=1S/C20H23FN2O3/c1-14(19(24)25)13-23(2)20(26)22-18(12-15-8-4-3-5-9-15)16-10-6-7-11-17(16)21/h3-11,14,18H,12-13H2,1-2H3,(H,22,26)(H,24,25). The monoisotopic (exact) mass is 358 g/mol. The zero-order valence-corrected chi connectivity index (χ0v) is 14.9. The van der Waals surface area contributed by atoms with E-state index in [9.17, 15) is 14.0 Å². The van der Waals surface area contributed by atoms with Crippen molar-refractivity contribution < 1.29 is 19.1 Å². The van der Waals surface area contributed by atoms with Crippen LogP contribution in [-0.4, -0.2) is 35.6 Å². The first-order valence-corrected chi connectivity index (χ1v) is 8.41. The molecule has 0 aliphatic carbocycles. The lowest BCUT2D eigenvalue weighted by Gasteiger charge is -2.25.